The molecule has 1 aromatic heterocycles. The Morgan fingerprint density at radius 3 is 2.53 bits per heavy atom. The molecule has 1 heterocycles. The van der Waals surface area contributed by atoms with Crippen LogP contribution < -0.4 is 5.46 Å². The van der Waals surface area contributed by atoms with Crippen LogP contribution >= 0.6 is 0 Å². The van der Waals surface area contributed by atoms with Crippen molar-refractivity contribution in [1.82, 2.24) is 4.98 Å². The summed E-state index contributed by atoms with van der Waals surface area (Å²) >= 11 is 0. The molecule has 2 heteroatoms. The van der Waals surface area contributed by atoms with E-state index in [1.165, 1.54) is 22.1 Å². The molecule has 0 saturated carbocycles. The molecule has 0 atom stereocenters. The number of nitrogens with zero attached hydrogens (tertiary/aromatic N) is 1. The number of pyridine rings is 1. The maximum Gasteiger partial charge on any atom is 0.139 e. The maximum absolute atomic E-state index is 4.73. The predicted molar refractivity (Wildman–Crippen MR) is 83.8 cm³/mol. The number of fused-ring (bicyclic) bond motifs is 1. The van der Waals surface area contributed by atoms with E-state index in [1.807, 2.05) is 0 Å². The zero-order chi connectivity index (χ0) is 13.1. The minimum Gasteiger partial charge on any atom is -0.253 e. The molecule has 0 aliphatic rings. The van der Waals surface area contributed by atoms with E-state index in [9.17, 15) is 0 Å². The standard InChI is InChI=1S/C17H16BN/c18-15-8-11-17-14(12-15)7-10-16(19-17)9-6-13-4-2-1-3-5-13/h1-5,7-8,10-12H,6,9,18H2. The van der Waals surface area contributed by atoms with Crippen molar-refractivity contribution < 1.29 is 0 Å². The van der Waals surface area contributed by atoms with Crippen molar-refractivity contribution in [2.45, 2.75) is 12.8 Å². The van der Waals surface area contributed by atoms with Crippen LogP contribution in [0.15, 0.2) is 60.7 Å². The molecule has 0 N–H and O–H groups in total. The van der Waals surface area contributed by atoms with Gasteiger partial charge in [-0.25, -0.2) is 0 Å². The molecule has 0 amide bonds. The van der Waals surface area contributed by atoms with E-state index >= 15 is 0 Å². The molecular weight excluding hydrogens is 229 g/mol. The van der Waals surface area contributed by atoms with E-state index in [0.717, 1.165) is 18.4 Å². The summed E-state index contributed by atoms with van der Waals surface area (Å²) in [4.78, 5) is 4.73. The summed E-state index contributed by atoms with van der Waals surface area (Å²) in [5.41, 5.74) is 4.91. The van der Waals surface area contributed by atoms with E-state index in [4.69, 9.17) is 4.98 Å². The third kappa shape index (κ3) is 2.84. The molecule has 92 valence electrons. The van der Waals surface area contributed by atoms with Gasteiger partial charge in [0.25, 0.3) is 0 Å². The fourth-order valence-corrected chi connectivity index (χ4v) is 2.34. The molecule has 0 bridgehead atoms. The summed E-state index contributed by atoms with van der Waals surface area (Å²) < 4.78 is 0. The molecule has 3 rings (SSSR count). The average molecular weight is 245 g/mol. The summed E-state index contributed by atoms with van der Waals surface area (Å²) in [5, 5.41) is 1.23. The van der Waals surface area contributed by atoms with E-state index in [2.05, 4.69) is 68.5 Å². The largest absolute Gasteiger partial charge is 0.253 e. The molecule has 0 aliphatic heterocycles. The van der Waals surface area contributed by atoms with Gasteiger partial charge < -0.3 is 0 Å². The van der Waals surface area contributed by atoms with E-state index < -0.39 is 0 Å². The van der Waals surface area contributed by atoms with Crippen molar-refractivity contribution in [3.05, 3.63) is 71.9 Å². The summed E-state index contributed by atoms with van der Waals surface area (Å²) in [6.45, 7) is 0. The fourth-order valence-electron chi connectivity index (χ4n) is 2.34. The van der Waals surface area contributed by atoms with E-state index in [1.54, 1.807) is 0 Å². The summed E-state index contributed by atoms with van der Waals surface area (Å²) in [7, 11) is 2.11. The van der Waals surface area contributed by atoms with Crippen LogP contribution in [0.25, 0.3) is 10.9 Å². The predicted octanol–water partition coefficient (Wildman–Crippen LogP) is 2.28. The molecule has 0 radical (unpaired) electrons. The zero-order valence-corrected chi connectivity index (χ0v) is 11.1. The Morgan fingerprint density at radius 1 is 0.842 bits per heavy atom. The first-order valence-corrected chi connectivity index (χ1v) is 6.71. The van der Waals surface area contributed by atoms with Crippen molar-refractivity contribution in [1.29, 1.82) is 0 Å². The molecule has 0 fully saturated rings. The minimum absolute atomic E-state index is 0.994. The van der Waals surface area contributed by atoms with Crippen molar-refractivity contribution >= 4 is 24.2 Å². The van der Waals surface area contributed by atoms with Gasteiger partial charge in [-0.15, -0.1) is 0 Å². The quantitative estimate of drug-likeness (QED) is 0.645. The molecule has 19 heavy (non-hydrogen) atoms. The molecule has 0 saturated heterocycles. The SMILES string of the molecule is Bc1ccc2nc(CCc3ccccc3)ccc2c1. The van der Waals surface area contributed by atoms with Crippen molar-refractivity contribution in [3.8, 4) is 0 Å². The monoisotopic (exact) mass is 245 g/mol. The Bertz CT molecular complexity index is 692. The van der Waals surface area contributed by atoms with Gasteiger partial charge in [0.05, 0.1) is 5.52 Å². The second-order valence-corrected chi connectivity index (χ2v) is 4.98. The minimum atomic E-state index is 0.994. The van der Waals surface area contributed by atoms with Gasteiger partial charge in [-0.3, -0.25) is 4.98 Å². The lowest BCUT2D eigenvalue weighted by atomic mass is 9.94. The number of aromatic nitrogens is 1. The van der Waals surface area contributed by atoms with Crippen LogP contribution in [0.3, 0.4) is 0 Å². The highest BCUT2D eigenvalue weighted by Crippen LogP contribution is 2.12. The zero-order valence-electron chi connectivity index (χ0n) is 11.1. The first-order valence-electron chi connectivity index (χ1n) is 6.71. The van der Waals surface area contributed by atoms with Gasteiger partial charge >= 0.3 is 0 Å². The average Bonchev–Trinajstić information content (AvgIpc) is 2.46. The first kappa shape index (κ1) is 12.0. The topological polar surface area (TPSA) is 12.9 Å². The number of rotatable bonds is 3. The highest BCUT2D eigenvalue weighted by Gasteiger charge is 2.00. The van der Waals surface area contributed by atoms with Crippen LogP contribution in [0, 0.1) is 0 Å². The summed E-state index contributed by atoms with van der Waals surface area (Å²) in [5.74, 6) is 0. The molecular formula is C17H16BN. The second kappa shape index (κ2) is 5.27. The highest BCUT2D eigenvalue weighted by molar-refractivity contribution is 6.33. The smallest absolute Gasteiger partial charge is 0.139 e. The van der Waals surface area contributed by atoms with Gasteiger partial charge in [-0.05, 0) is 35.9 Å². The Kier molecular flexibility index (Phi) is 3.32. The lowest BCUT2D eigenvalue weighted by molar-refractivity contribution is 0.923. The lowest BCUT2D eigenvalue weighted by Crippen LogP contribution is -2.01. The molecule has 3 aromatic rings. The fraction of sp³-hybridized carbons (Fsp3) is 0.118. The van der Waals surface area contributed by atoms with Crippen molar-refractivity contribution in [3.63, 3.8) is 0 Å². The van der Waals surface area contributed by atoms with Gasteiger partial charge in [-0.2, -0.15) is 0 Å². The summed E-state index contributed by atoms with van der Waals surface area (Å²) in [6, 6.07) is 21.3. The first-order chi connectivity index (χ1) is 9.31. The van der Waals surface area contributed by atoms with Crippen LogP contribution in [-0.2, 0) is 12.8 Å². The Balaban J connectivity index is 1.80. The lowest BCUT2D eigenvalue weighted by Gasteiger charge is -2.04. The van der Waals surface area contributed by atoms with Crippen molar-refractivity contribution in [2.75, 3.05) is 0 Å². The molecule has 2 aromatic carbocycles. The number of hydrogen-bond acceptors (Lipinski definition) is 1. The van der Waals surface area contributed by atoms with Crippen molar-refractivity contribution in [2.24, 2.45) is 0 Å². The molecule has 0 unspecified atom stereocenters. The van der Waals surface area contributed by atoms with E-state index in [-0.39, 0.29) is 0 Å². The van der Waals surface area contributed by atoms with Crippen LogP contribution in [0.5, 0.6) is 0 Å². The third-order valence-corrected chi connectivity index (χ3v) is 3.42. The van der Waals surface area contributed by atoms with Gasteiger partial charge in [0.2, 0.25) is 0 Å². The number of hydrogen-bond donors (Lipinski definition) is 0. The second-order valence-electron chi connectivity index (χ2n) is 4.98. The Hall–Kier alpha value is -2.09. The molecule has 0 aliphatic carbocycles. The maximum atomic E-state index is 4.73. The van der Waals surface area contributed by atoms with E-state index in [0.29, 0.717) is 0 Å². The summed E-state index contributed by atoms with van der Waals surface area (Å²) in [6.07, 6.45) is 2.04. The third-order valence-electron chi connectivity index (χ3n) is 3.42. The normalized spacial score (nSPS) is 10.7. The van der Waals surface area contributed by atoms with Crippen LogP contribution in [-0.4, -0.2) is 12.8 Å². The molecule has 1 nitrogen and oxygen atoms in total. The molecule has 0 spiro atoms. The van der Waals surface area contributed by atoms with Crippen LogP contribution in [0.1, 0.15) is 11.3 Å². The van der Waals surface area contributed by atoms with Gasteiger partial charge in [0, 0.05) is 5.69 Å². The highest BCUT2D eigenvalue weighted by atomic mass is 14.7. The Morgan fingerprint density at radius 2 is 1.68 bits per heavy atom. The van der Waals surface area contributed by atoms with Gasteiger partial charge in [0.15, 0.2) is 0 Å². The van der Waals surface area contributed by atoms with Crippen LogP contribution in [0.2, 0.25) is 0 Å². The van der Waals surface area contributed by atoms with Gasteiger partial charge in [-0.1, -0.05) is 54.0 Å². The number of benzene rings is 2. The van der Waals surface area contributed by atoms with Gasteiger partial charge in [0.1, 0.15) is 7.85 Å². The van der Waals surface area contributed by atoms with Crippen LogP contribution in [0.4, 0.5) is 0 Å². The number of aryl methyl sites for hydroxylation is 2. The Labute approximate surface area is 114 Å².